The Hall–Kier alpha value is -4.49. The summed E-state index contributed by atoms with van der Waals surface area (Å²) < 4.78 is 5.70. The summed E-state index contributed by atoms with van der Waals surface area (Å²) in [7, 11) is 0. The molecule has 0 saturated carbocycles. The number of aliphatic carboxylic acids is 4. The number of carbonyl (C=O) groups excluding carboxylic acids is 1. The van der Waals surface area contributed by atoms with Crippen LogP contribution in [-0.4, -0.2) is 112 Å². The van der Waals surface area contributed by atoms with Gasteiger partial charge in [0.05, 0.1) is 6.61 Å². The molecule has 4 N–H and O–H groups in total. The molecule has 1 saturated heterocycles. The summed E-state index contributed by atoms with van der Waals surface area (Å²) in [6, 6.07) is 18.8. The zero-order valence-corrected chi connectivity index (χ0v) is 25.4. The first kappa shape index (κ1) is 37.5. The predicted molar refractivity (Wildman–Crippen MR) is 163 cm³/mol. The fraction of sp³-hybridized carbons (Fsp3) is 0.452. The maximum atomic E-state index is 12.8. The molecule has 1 heterocycles. The van der Waals surface area contributed by atoms with Crippen LogP contribution in [0.4, 0.5) is 5.69 Å². The van der Waals surface area contributed by atoms with Crippen LogP contribution in [0.2, 0.25) is 0 Å². The molecule has 0 radical (unpaired) electrons. The average Bonchev–Trinajstić information content (AvgIpc) is 3.01. The maximum Gasteiger partial charge on any atom is 0.414 e. The Morgan fingerprint density at radius 3 is 1.73 bits per heavy atom. The number of carboxylic acid groups (broad SMARTS) is 4. The highest BCUT2D eigenvalue weighted by Crippen LogP contribution is 2.23. The minimum atomic E-state index is -1.82. The third-order valence-corrected chi connectivity index (χ3v) is 6.51. The summed E-state index contributed by atoms with van der Waals surface area (Å²) in [6.45, 7) is 13.2. The van der Waals surface area contributed by atoms with Crippen LogP contribution in [0.15, 0.2) is 54.6 Å². The van der Waals surface area contributed by atoms with Crippen molar-refractivity contribution in [2.75, 3.05) is 50.8 Å². The van der Waals surface area contributed by atoms with E-state index in [1.807, 2.05) is 36.1 Å². The van der Waals surface area contributed by atoms with Crippen molar-refractivity contribution in [1.82, 2.24) is 9.80 Å². The predicted octanol–water partition coefficient (Wildman–Crippen LogP) is 2.78. The van der Waals surface area contributed by atoms with Gasteiger partial charge in [0, 0.05) is 57.4 Å². The highest BCUT2D eigenvalue weighted by atomic mass is 16.5. The summed E-state index contributed by atoms with van der Waals surface area (Å²) in [5.74, 6) is -6.27. The molecule has 13 heteroatoms. The first-order chi connectivity index (χ1) is 20.9. The molecule has 0 bridgehead atoms. The van der Waals surface area contributed by atoms with Crippen LogP contribution in [0.5, 0.6) is 5.75 Å². The molecule has 3 rings (SSSR count). The highest BCUT2D eigenvalue weighted by Gasteiger charge is 2.25. The Labute approximate surface area is 257 Å². The molecule has 1 atom stereocenters. The number of hydrogen-bond donors (Lipinski definition) is 4. The molecule has 1 amide bonds. The van der Waals surface area contributed by atoms with E-state index in [1.165, 1.54) is 5.56 Å². The zero-order valence-electron chi connectivity index (χ0n) is 25.4. The van der Waals surface area contributed by atoms with Gasteiger partial charge in [-0.05, 0) is 49.6 Å². The highest BCUT2D eigenvalue weighted by molar-refractivity contribution is 6.27. The van der Waals surface area contributed by atoms with Gasteiger partial charge in [0.15, 0.2) is 0 Å². The van der Waals surface area contributed by atoms with E-state index in [0.29, 0.717) is 13.0 Å². The summed E-state index contributed by atoms with van der Waals surface area (Å²) in [5, 5.41) is 29.6. The van der Waals surface area contributed by atoms with E-state index >= 15 is 0 Å². The topological polar surface area (TPSA) is 185 Å². The molecule has 1 unspecified atom stereocenters. The molecule has 0 aliphatic carbocycles. The maximum absolute atomic E-state index is 12.8. The van der Waals surface area contributed by atoms with E-state index < -0.39 is 23.9 Å². The van der Waals surface area contributed by atoms with Crippen LogP contribution < -0.4 is 9.64 Å². The van der Waals surface area contributed by atoms with Crippen LogP contribution in [0.25, 0.3) is 0 Å². The minimum Gasteiger partial charge on any atom is -0.494 e. The van der Waals surface area contributed by atoms with E-state index in [-0.39, 0.29) is 11.9 Å². The number of hydrogen-bond acceptors (Lipinski definition) is 8. The molecule has 0 spiro atoms. The van der Waals surface area contributed by atoms with Crippen molar-refractivity contribution in [3.8, 4) is 5.75 Å². The van der Waals surface area contributed by atoms with Gasteiger partial charge in [0.2, 0.25) is 5.91 Å². The van der Waals surface area contributed by atoms with Gasteiger partial charge in [0.1, 0.15) is 5.75 Å². The smallest absolute Gasteiger partial charge is 0.414 e. The number of anilines is 1. The second-order valence-corrected chi connectivity index (χ2v) is 9.91. The van der Waals surface area contributed by atoms with Crippen LogP contribution in [0.3, 0.4) is 0 Å². The van der Waals surface area contributed by atoms with Crippen LogP contribution >= 0.6 is 0 Å². The number of carbonyl (C=O) groups is 5. The Morgan fingerprint density at radius 1 is 0.773 bits per heavy atom. The third kappa shape index (κ3) is 14.6. The fourth-order valence-electron chi connectivity index (χ4n) is 4.32. The molecule has 13 nitrogen and oxygen atoms in total. The quantitative estimate of drug-likeness (QED) is 0.271. The molecular weight excluding hydrogens is 574 g/mol. The molecular formula is C31H43N3O10. The first-order valence-electron chi connectivity index (χ1n) is 14.3. The Balaban J connectivity index is 0.000000681. The lowest BCUT2D eigenvalue weighted by Gasteiger charge is -2.38. The third-order valence-electron chi connectivity index (χ3n) is 6.51. The Bertz CT molecular complexity index is 1130. The lowest BCUT2D eigenvalue weighted by atomic mass is 10.1. The van der Waals surface area contributed by atoms with Gasteiger partial charge in [0.25, 0.3) is 0 Å². The largest absolute Gasteiger partial charge is 0.494 e. The molecule has 1 aliphatic heterocycles. The van der Waals surface area contributed by atoms with Crippen molar-refractivity contribution in [2.45, 2.75) is 46.1 Å². The van der Waals surface area contributed by atoms with Gasteiger partial charge in [-0.15, -0.1) is 0 Å². The summed E-state index contributed by atoms with van der Waals surface area (Å²) in [5.41, 5.74) is 2.36. The molecule has 242 valence electrons. The summed E-state index contributed by atoms with van der Waals surface area (Å²) in [6.07, 6.45) is 2.60. The fourth-order valence-corrected chi connectivity index (χ4v) is 4.32. The van der Waals surface area contributed by atoms with Gasteiger partial charge in [-0.2, -0.15) is 0 Å². The molecule has 1 aliphatic rings. The first-order valence-corrected chi connectivity index (χ1v) is 14.3. The molecule has 1 fully saturated rings. The molecule has 44 heavy (non-hydrogen) atoms. The van der Waals surface area contributed by atoms with Gasteiger partial charge in [-0.25, -0.2) is 19.2 Å². The Kier molecular flexibility index (Phi) is 17.4. The number of rotatable bonds is 11. The monoisotopic (exact) mass is 617 g/mol. The van der Waals surface area contributed by atoms with Crippen molar-refractivity contribution in [3.05, 3.63) is 60.2 Å². The van der Waals surface area contributed by atoms with Crippen LogP contribution in [-0.2, 0) is 30.4 Å². The standard InChI is InChI=1S/C27H39N3O2.2C2H2O4/c1-4-21-32-26-13-11-25(12-14-26)30(27(31)5-2)23(3)22-29-19-17-28(18-20-29)16-15-24-9-7-6-8-10-24;2*3-1(4)2(5)6/h6-14,23H,4-5,15-22H2,1-3H3;2*(H,3,4)(H,5,6). The van der Waals surface area contributed by atoms with Gasteiger partial charge in [-0.3, -0.25) is 9.69 Å². The summed E-state index contributed by atoms with van der Waals surface area (Å²) >= 11 is 0. The van der Waals surface area contributed by atoms with E-state index in [9.17, 15) is 4.79 Å². The number of benzene rings is 2. The summed E-state index contributed by atoms with van der Waals surface area (Å²) in [4.78, 5) is 56.2. The van der Waals surface area contributed by atoms with Crippen molar-refractivity contribution in [3.63, 3.8) is 0 Å². The van der Waals surface area contributed by atoms with Crippen molar-refractivity contribution in [1.29, 1.82) is 0 Å². The second kappa shape index (κ2) is 20.4. The lowest BCUT2D eigenvalue weighted by Crippen LogP contribution is -2.52. The number of amides is 1. The van der Waals surface area contributed by atoms with Gasteiger partial charge < -0.3 is 35.0 Å². The van der Waals surface area contributed by atoms with Gasteiger partial charge >= 0.3 is 23.9 Å². The van der Waals surface area contributed by atoms with Crippen LogP contribution in [0.1, 0.15) is 39.2 Å². The SMILES string of the molecule is CCCOc1ccc(N(C(=O)CC)C(C)CN2CCN(CCc3ccccc3)CC2)cc1.O=C(O)C(=O)O.O=C(O)C(=O)O. The van der Waals surface area contributed by atoms with E-state index in [4.69, 9.17) is 44.3 Å². The number of carboxylic acids is 4. The van der Waals surface area contributed by atoms with Gasteiger partial charge in [-0.1, -0.05) is 44.2 Å². The molecule has 2 aromatic rings. The molecule has 2 aromatic carbocycles. The number of nitrogens with zero attached hydrogens (tertiary/aromatic N) is 3. The lowest BCUT2D eigenvalue weighted by molar-refractivity contribution is -0.159. The normalized spacial score (nSPS) is 13.6. The second-order valence-electron chi connectivity index (χ2n) is 9.91. The Morgan fingerprint density at radius 2 is 1.27 bits per heavy atom. The average molecular weight is 618 g/mol. The van der Waals surface area contributed by atoms with E-state index in [0.717, 1.165) is 63.5 Å². The zero-order chi connectivity index (χ0) is 33.1. The van der Waals surface area contributed by atoms with Crippen molar-refractivity contribution < 1.29 is 49.1 Å². The molecule has 0 aromatic heterocycles. The van der Waals surface area contributed by atoms with E-state index in [1.54, 1.807) is 0 Å². The van der Waals surface area contributed by atoms with E-state index in [2.05, 4.69) is 54.0 Å². The number of ether oxygens (including phenoxy) is 1. The van der Waals surface area contributed by atoms with Crippen LogP contribution in [0, 0.1) is 0 Å². The number of piperazine rings is 1. The van der Waals surface area contributed by atoms with Crippen molar-refractivity contribution >= 4 is 35.5 Å². The minimum absolute atomic E-state index is 0.126. The van der Waals surface area contributed by atoms with Crippen molar-refractivity contribution in [2.24, 2.45) is 0 Å².